The van der Waals surface area contributed by atoms with Gasteiger partial charge in [-0.2, -0.15) is 0 Å². The highest BCUT2D eigenvalue weighted by molar-refractivity contribution is 8.00. The summed E-state index contributed by atoms with van der Waals surface area (Å²) in [5.74, 6) is 0.719. The maximum Gasteiger partial charge on any atom is 0.171 e. The van der Waals surface area contributed by atoms with Crippen LogP contribution in [0.25, 0.3) is 0 Å². The van der Waals surface area contributed by atoms with Gasteiger partial charge in [0.15, 0.2) is 5.78 Å². The quantitative estimate of drug-likeness (QED) is 0.637. The zero-order valence-electron chi connectivity index (χ0n) is 8.29. The summed E-state index contributed by atoms with van der Waals surface area (Å²) in [7, 11) is 0. The average molecular weight is 227 g/mol. The van der Waals surface area contributed by atoms with Crippen LogP contribution in [0.5, 0.6) is 0 Å². The van der Waals surface area contributed by atoms with Crippen LogP contribution in [-0.2, 0) is 0 Å². The van der Waals surface area contributed by atoms with Crippen LogP contribution in [0.4, 0.5) is 5.69 Å². The smallest absolute Gasteiger partial charge is 0.171 e. The minimum Gasteiger partial charge on any atom is -0.397 e. The first kappa shape index (κ1) is 10.1. The van der Waals surface area contributed by atoms with Crippen LogP contribution in [0.2, 0.25) is 0 Å². The third kappa shape index (κ3) is 1.57. The summed E-state index contributed by atoms with van der Waals surface area (Å²) >= 11 is 3.25. The van der Waals surface area contributed by atoms with E-state index in [1.807, 2.05) is 6.26 Å². The number of hydrogen-bond acceptors (Lipinski definition) is 4. The maximum atomic E-state index is 11.3. The third-order valence-corrected chi connectivity index (χ3v) is 4.90. The number of carbonyl (C=O) groups is 1. The van der Waals surface area contributed by atoms with Crippen molar-refractivity contribution in [2.45, 2.75) is 29.9 Å². The number of thiophene rings is 1. The molecule has 1 aromatic heterocycles. The molecule has 2 rings (SSSR count). The molecule has 0 unspecified atom stereocenters. The molecule has 0 bridgehead atoms. The van der Waals surface area contributed by atoms with Gasteiger partial charge < -0.3 is 5.73 Å². The fourth-order valence-corrected chi connectivity index (χ4v) is 3.62. The Morgan fingerprint density at radius 3 is 2.64 bits per heavy atom. The lowest BCUT2D eigenvalue weighted by molar-refractivity contribution is 0.102. The zero-order valence-corrected chi connectivity index (χ0v) is 9.93. The lowest BCUT2D eigenvalue weighted by Gasteiger charge is -1.99. The molecule has 1 aromatic rings. The van der Waals surface area contributed by atoms with E-state index in [1.54, 1.807) is 30.0 Å². The first-order valence-corrected chi connectivity index (χ1v) is 6.66. The van der Waals surface area contributed by atoms with Crippen LogP contribution in [0.3, 0.4) is 0 Å². The Hall–Kier alpha value is -0.480. The summed E-state index contributed by atoms with van der Waals surface area (Å²) in [6.45, 7) is 1.59. The maximum absolute atomic E-state index is 11.3. The second-order valence-corrected chi connectivity index (χ2v) is 5.68. The van der Waals surface area contributed by atoms with Crippen molar-refractivity contribution in [3.63, 3.8) is 0 Å². The normalized spacial score (nSPS) is 15.9. The van der Waals surface area contributed by atoms with Gasteiger partial charge in [0.1, 0.15) is 0 Å². The minimum atomic E-state index is 0.0923. The second-order valence-electron chi connectivity index (χ2n) is 3.58. The van der Waals surface area contributed by atoms with E-state index in [-0.39, 0.29) is 5.78 Å². The summed E-state index contributed by atoms with van der Waals surface area (Å²) in [5.41, 5.74) is 7.99. The molecule has 0 amide bonds. The van der Waals surface area contributed by atoms with Crippen LogP contribution in [0.1, 0.15) is 40.9 Å². The van der Waals surface area contributed by atoms with E-state index >= 15 is 0 Å². The molecule has 2 nitrogen and oxygen atoms in total. The topological polar surface area (TPSA) is 43.1 Å². The fourth-order valence-electron chi connectivity index (χ4n) is 1.61. The van der Waals surface area contributed by atoms with Crippen molar-refractivity contribution in [3.05, 3.63) is 10.4 Å². The molecular formula is C10H13NOS2. The molecule has 0 aromatic carbocycles. The van der Waals surface area contributed by atoms with E-state index in [4.69, 9.17) is 5.73 Å². The Bertz CT molecular complexity index is 380. The standard InChI is InChI=1S/C10H13NOS2/c1-5(12)9-8(11)7(6-3-4-6)10(13-2)14-9/h6H,3-4,11H2,1-2H3. The summed E-state index contributed by atoms with van der Waals surface area (Å²) in [6.07, 6.45) is 4.50. The number of Topliss-reactive ketones (excluding diaryl/α,β-unsaturated/α-hetero) is 1. The average Bonchev–Trinajstić information content (AvgIpc) is 2.90. The zero-order chi connectivity index (χ0) is 10.3. The van der Waals surface area contributed by atoms with Gasteiger partial charge in [0.05, 0.1) is 14.8 Å². The Morgan fingerprint density at radius 2 is 2.21 bits per heavy atom. The van der Waals surface area contributed by atoms with Crippen LogP contribution in [0, 0.1) is 0 Å². The summed E-state index contributed by atoms with van der Waals surface area (Å²) in [4.78, 5) is 12.1. The molecule has 0 spiro atoms. The summed E-state index contributed by atoms with van der Waals surface area (Å²) in [6, 6.07) is 0. The number of rotatable bonds is 3. The van der Waals surface area contributed by atoms with Crippen molar-refractivity contribution in [2.75, 3.05) is 12.0 Å². The highest BCUT2D eigenvalue weighted by atomic mass is 32.2. The Morgan fingerprint density at radius 1 is 1.57 bits per heavy atom. The summed E-state index contributed by atoms with van der Waals surface area (Å²) < 4.78 is 1.23. The van der Waals surface area contributed by atoms with Crippen molar-refractivity contribution in [1.82, 2.24) is 0 Å². The number of carbonyl (C=O) groups excluding carboxylic acids is 1. The summed E-state index contributed by atoms with van der Waals surface area (Å²) in [5, 5.41) is 0. The molecular weight excluding hydrogens is 214 g/mol. The van der Waals surface area contributed by atoms with Crippen LogP contribution < -0.4 is 5.73 Å². The van der Waals surface area contributed by atoms with Gasteiger partial charge in [0.25, 0.3) is 0 Å². The molecule has 1 aliphatic carbocycles. The van der Waals surface area contributed by atoms with Gasteiger partial charge in [-0.1, -0.05) is 0 Å². The Kier molecular flexibility index (Phi) is 2.58. The first-order valence-electron chi connectivity index (χ1n) is 4.62. The van der Waals surface area contributed by atoms with Gasteiger partial charge in [-0.3, -0.25) is 4.79 Å². The number of anilines is 1. The molecule has 1 fully saturated rings. The monoisotopic (exact) mass is 227 g/mol. The van der Waals surface area contributed by atoms with E-state index in [0.717, 1.165) is 10.6 Å². The molecule has 0 saturated heterocycles. The molecule has 0 atom stereocenters. The van der Waals surface area contributed by atoms with Crippen molar-refractivity contribution in [1.29, 1.82) is 0 Å². The van der Waals surface area contributed by atoms with E-state index in [1.165, 1.54) is 22.6 Å². The molecule has 1 aliphatic rings. The van der Waals surface area contributed by atoms with Crippen molar-refractivity contribution < 1.29 is 4.79 Å². The third-order valence-electron chi connectivity index (χ3n) is 2.44. The van der Waals surface area contributed by atoms with Gasteiger partial charge >= 0.3 is 0 Å². The Labute approximate surface area is 91.9 Å². The number of thioether (sulfide) groups is 1. The molecule has 2 N–H and O–H groups in total. The number of ketones is 1. The highest BCUT2D eigenvalue weighted by Gasteiger charge is 2.31. The van der Waals surface area contributed by atoms with Crippen molar-refractivity contribution in [3.8, 4) is 0 Å². The number of nitrogen functional groups attached to an aromatic ring is 1. The predicted octanol–water partition coefficient (Wildman–Crippen LogP) is 3.13. The predicted molar refractivity (Wildman–Crippen MR) is 62.5 cm³/mol. The van der Waals surface area contributed by atoms with Crippen molar-refractivity contribution >= 4 is 34.6 Å². The van der Waals surface area contributed by atoms with Gasteiger partial charge in [-0.15, -0.1) is 23.1 Å². The van der Waals surface area contributed by atoms with E-state index in [9.17, 15) is 4.79 Å². The minimum absolute atomic E-state index is 0.0923. The van der Waals surface area contributed by atoms with Crippen LogP contribution in [-0.4, -0.2) is 12.0 Å². The molecule has 14 heavy (non-hydrogen) atoms. The highest BCUT2D eigenvalue weighted by Crippen LogP contribution is 2.50. The fraction of sp³-hybridized carbons (Fsp3) is 0.500. The van der Waals surface area contributed by atoms with Gasteiger partial charge in [-0.25, -0.2) is 0 Å². The van der Waals surface area contributed by atoms with Crippen molar-refractivity contribution in [2.24, 2.45) is 0 Å². The molecule has 1 saturated carbocycles. The molecule has 0 radical (unpaired) electrons. The van der Waals surface area contributed by atoms with E-state index in [0.29, 0.717) is 5.92 Å². The largest absolute Gasteiger partial charge is 0.397 e. The lowest BCUT2D eigenvalue weighted by Crippen LogP contribution is -1.96. The molecule has 1 heterocycles. The van der Waals surface area contributed by atoms with Gasteiger partial charge in [0, 0.05) is 12.5 Å². The lowest BCUT2D eigenvalue weighted by atomic mass is 10.1. The van der Waals surface area contributed by atoms with Gasteiger partial charge in [0.2, 0.25) is 0 Å². The Balaban J connectivity index is 2.50. The van der Waals surface area contributed by atoms with E-state index < -0.39 is 0 Å². The molecule has 4 heteroatoms. The van der Waals surface area contributed by atoms with Crippen LogP contribution in [0.15, 0.2) is 4.21 Å². The van der Waals surface area contributed by atoms with E-state index in [2.05, 4.69) is 0 Å². The molecule has 0 aliphatic heterocycles. The number of hydrogen-bond donors (Lipinski definition) is 1. The SMILES string of the molecule is CSc1sc(C(C)=O)c(N)c1C1CC1. The first-order chi connectivity index (χ1) is 6.65. The van der Waals surface area contributed by atoms with Gasteiger partial charge in [-0.05, 0) is 25.0 Å². The number of nitrogens with two attached hydrogens (primary N) is 1. The second kappa shape index (κ2) is 3.59. The molecule has 76 valence electrons. The van der Waals surface area contributed by atoms with Crippen LogP contribution >= 0.6 is 23.1 Å².